The molecule has 1 unspecified atom stereocenters. The van der Waals surface area contributed by atoms with E-state index in [0.29, 0.717) is 24.1 Å². The predicted octanol–water partition coefficient (Wildman–Crippen LogP) is 5.00. The molecule has 3 atom stereocenters. The molecular weight excluding hydrogens is 420 g/mol. The van der Waals surface area contributed by atoms with E-state index in [2.05, 4.69) is 0 Å². The van der Waals surface area contributed by atoms with Gasteiger partial charge in [-0.05, 0) is 72.5 Å². The molecule has 0 spiro atoms. The summed E-state index contributed by atoms with van der Waals surface area (Å²) in [5.41, 5.74) is 2.03. The van der Waals surface area contributed by atoms with Crippen LogP contribution in [0, 0.1) is 17.6 Å². The number of anilines is 1. The molecule has 0 saturated carbocycles. The van der Waals surface area contributed by atoms with Crippen LogP contribution < -0.4 is 4.90 Å². The summed E-state index contributed by atoms with van der Waals surface area (Å²) in [6.07, 6.45) is -0.0344. The van der Waals surface area contributed by atoms with E-state index >= 15 is 0 Å². The molecule has 0 aromatic heterocycles. The molecule has 0 radical (unpaired) electrons. The Hall–Kier alpha value is -2.90. The number of hydrogen-bond donors (Lipinski definition) is 2. The number of halogens is 2. The molecule has 1 aliphatic heterocycles. The number of carbonyl (C=O) groups excluding carboxylic acids is 1. The van der Waals surface area contributed by atoms with Crippen molar-refractivity contribution in [3.8, 4) is 5.75 Å². The Morgan fingerprint density at radius 2 is 1.42 bits per heavy atom. The minimum atomic E-state index is -0.807. The lowest BCUT2D eigenvalue weighted by atomic mass is 9.78. The van der Waals surface area contributed by atoms with Gasteiger partial charge in [0.1, 0.15) is 17.4 Å². The number of hydrogen-bond acceptors (Lipinski definition) is 3. The van der Waals surface area contributed by atoms with E-state index in [1.165, 1.54) is 36.4 Å². The van der Waals surface area contributed by atoms with Gasteiger partial charge in [0.05, 0.1) is 18.1 Å². The van der Waals surface area contributed by atoms with Gasteiger partial charge in [0, 0.05) is 5.69 Å². The van der Waals surface area contributed by atoms with Crippen molar-refractivity contribution in [2.45, 2.75) is 25.0 Å². The van der Waals surface area contributed by atoms with Crippen molar-refractivity contribution in [3.05, 3.63) is 95.6 Å². The van der Waals surface area contributed by atoms with Gasteiger partial charge in [-0.2, -0.15) is 13.5 Å². The zero-order valence-corrected chi connectivity index (χ0v) is 17.6. The van der Waals surface area contributed by atoms with Crippen molar-refractivity contribution >= 4 is 25.1 Å². The average molecular weight is 444 g/mol. The van der Waals surface area contributed by atoms with E-state index in [4.69, 9.17) is 0 Å². The number of benzene rings is 3. The first kappa shape index (κ1) is 22.8. The largest absolute Gasteiger partial charge is 0.508 e. The van der Waals surface area contributed by atoms with Gasteiger partial charge >= 0.3 is 0 Å². The van der Waals surface area contributed by atoms with Gasteiger partial charge in [0.2, 0.25) is 5.91 Å². The second kappa shape index (κ2) is 9.49. The fraction of sp³-hybridized carbons (Fsp3) is 0.208. The molecular formula is C24H23F2NO3S. The lowest BCUT2D eigenvalue weighted by molar-refractivity contribution is -0.131. The van der Waals surface area contributed by atoms with Gasteiger partial charge in [-0.25, -0.2) is 8.78 Å². The van der Waals surface area contributed by atoms with Crippen LogP contribution in [0.4, 0.5) is 14.5 Å². The highest BCUT2D eigenvalue weighted by atomic mass is 32.1. The van der Waals surface area contributed by atoms with E-state index in [-0.39, 0.29) is 48.7 Å². The summed E-state index contributed by atoms with van der Waals surface area (Å²) in [5.74, 6) is -1.10. The summed E-state index contributed by atoms with van der Waals surface area (Å²) < 4.78 is 26.4. The third kappa shape index (κ3) is 4.73. The average Bonchev–Trinajstić information content (AvgIpc) is 2.74. The van der Waals surface area contributed by atoms with Crippen LogP contribution in [0.2, 0.25) is 0 Å². The fourth-order valence-electron chi connectivity index (χ4n) is 3.96. The first-order valence-corrected chi connectivity index (χ1v) is 9.75. The van der Waals surface area contributed by atoms with Crippen molar-refractivity contribution in [1.82, 2.24) is 0 Å². The summed E-state index contributed by atoms with van der Waals surface area (Å²) in [6, 6.07) is 17.7. The standard InChI is InChI=1S/C24H21F2NO3.H2S/c25-17-5-1-15(2-6-17)22(29)14-13-21-23(16-3-11-20(28)12-4-16)27(24(21)30)19-9-7-18(26)8-10-19;/h1-12,21-23,28-29H,13-14H2;1H2/t21?,22-,23+;/m0./s1. The molecule has 0 aliphatic carbocycles. The monoisotopic (exact) mass is 443 g/mol. The van der Waals surface area contributed by atoms with Crippen LogP contribution in [0.1, 0.15) is 36.1 Å². The van der Waals surface area contributed by atoms with Gasteiger partial charge < -0.3 is 15.1 Å². The minimum absolute atomic E-state index is 0. The molecule has 3 aromatic carbocycles. The van der Waals surface area contributed by atoms with Crippen molar-refractivity contribution in [2.75, 3.05) is 4.90 Å². The third-order valence-corrected chi connectivity index (χ3v) is 5.56. The molecule has 1 fully saturated rings. The van der Waals surface area contributed by atoms with Crippen LogP contribution in [-0.2, 0) is 4.79 Å². The van der Waals surface area contributed by atoms with Gasteiger partial charge in [0.15, 0.2) is 0 Å². The smallest absolute Gasteiger partial charge is 0.233 e. The summed E-state index contributed by atoms with van der Waals surface area (Å²) in [7, 11) is 0. The number of phenols is 1. The fourth-order valence-corrected chi connectivity index (χ4v) is 3.96. The number of aliphatic hydroxyl groups excluding tert-OH is 1. The van der Waals surface area contributed by atoms with Crippen molar-refractivity contribution < 1.29 is 23.8 Å². The summed E-state index contributed by atoms with van der Waals surface area (Å²) in [6.45, 7) is 0. The van der Waals surface area contributed by atoms with Gasteiger partial charge in [-0.3, -0.25) is 4.79 Å². The van der Waals surface area contributed by atoms with Crippen molar-refractivity contribution in [1.29, 1.82) is 0 Å². The van der Waals surface area contributed by atoms with Gasteiger partial charge in [0.25, 0.3) is 0 Å². The van der Waals surface area contributed by atoms with Gasteiger partial charge in [-0.15, -0.1) is 0 Å². The second-order valence-electron chi connectivity index (χ2n) is 7.47. The number of carbonyl (C=O) groups is 1. The maximum atomic E-state index is 13.3. The first-order chi connectivity index (χ1) is 14.4. The molecule has 162 valence electrons. The Kier molecular flexibility index (Phi) is 6.97. The number of aliphatic hydroxyl groups is 1. The Bertz CT molecular complexity index is 1030. The van der Waals surface area contributed by atoms with Gasteiger partial charge in [-0.1, -0.05) is 24.3 Å². The molecule has 7 heteroatoms. The van der Waals surface area contributed by atoms with Crippen LogP contribution in [0.3, 0.4) is 0 Å². The summed E-state index contributed by atoms with van der Waals surface area (Å²) in [5, 5.41) is 20.1. The van der Waals surface area contributed by atoms with Crippen LogP contribution in [0.5, 0.6) is 5.75 Å². The number of amides is 1. The van der Waals surface area contributed by atoms with Crippen LogP contribution >= 0.6 is 13.5 Å². The van der Waals surface area contributed by atoms with Crippen LogP contribution in [0.25, 0.3) is 0 Å². The van der Waals surface area contributed by atoms with E-state index in [1.54, 1.807) is 41.3 Å². The maximum absolute atomic E-state index is 13.3. The lowest BCUT2D eigenvalue weighted by Crippen LogP contribution is -2.55. The third-order valence-electron chi connectivity index (χ3n) is 5.56. The Labute approximate surface area is 186 Å². The molecule has 2 N–H and O–H groups in total. The zero-order valence-electron chi connectivity index (χ0n) is 16.6. The van der Waals surface area contributed by atoms with Crippen molar-refractivity contribution in [3.63, 3.8) is 0 Å². The number of β-lactam (4-membered cyclic amide) rings is 1. The highest BCUT2D eigenvalue weighted by Gasteiger charge is 2.48. The molecule has 3 aromatic rings. The quantitative estimate of drug-likeness (QED) is 0.527. The zero-order chi connectivity index (χ0) is 21.3. The SMILES string of the molecule is O=C1C(CC[C@H](O)c2ccc(F)cc2)[C@@H](c2ccc(O)cc2)N1c1ccc(F)cc1.S. The van der Waals surface area contributed by atoms with Crippen LogP contribution in [-0.4, -0.2) is 16.1 Å². The van der Waals surface area contributed by atoms with E-state index in [0.717, 1.165) is 5.56 Å². The highest BCUT2D eigenvalue weighted by molar-refractivity contribution is 7.59. The normalized spacial score (nSPS) is 18.8. The van der Waals surface area contributed by atoms with E-state index < -0.39 is 6.10 Å². The minimum Gasteiger partial charge on any atom is -0.508 e. The van der Waals surface area contributed by atoms with Crippen LogP contribution in [0.15, 0.2) is 72.8 Å². The first-order valence-electron chi connectivity index (χ1n) is 9.75. The Morgan fingerprint density at radius 1 is 0.871 bits per heavy atom. The lowest BCUT2D eigenvalue weighted by Gasteiger charge is -2.48. The summed E-state index contributed by atoms with van der Waals surface area (Å²) >= 11 is 0. The number of rotatable bonds is 6. The topological polar surface area (TPSA) is 60.8 Å². The molecule has 31 heavy (non-hydrogen) atoms. The predicted molar refractivity (Wildman–Crippen MR) is 119 cm³/mol. The summed E-state index contributed by atoms with van der Waals surface area (Å²) in [4.78, 5) is 14.6. The molecule has 0 bridgehead atoms. The highest BCUT2D eigenvalue weighted by Crippen LogP contribution is 2.46. The number of nitrogens with zero attached hydrogens (tertiary/aromatic N) is 1. The molecule has 1 amide bonds. The maximum Gasteiger partial charge on any atom is 0.233 e. The molecule has 1 aliphatic rings. The van der Waals surface area contributed by atoms with Crippen molar-refractivity contribution in [2.24, 2.45) is 5.92 Å². The molecule has 4 nitrogen and oxygen atoms in total. The molecule has 4 rings (SSSR count). The van der Waals surface area contributed by atoms with E-state index in [1.807, 2.05) is 0 Å². The Balaban J connectivity index is 0.00000272. The second-order valence-corrected chi connectivity index (χ2v) is 7.47. The Morgan fingerprint density at radius 3 is 2.00 bits per heavy atom. The van der Waals surface area contributed by atoms with E-state index in [9.17, 15) is 23.8 Å². The molecule has 1 heterocycles. The number of phenolic OH excluding ortho intramolecular Hbond substituents is 1. The number of aromatic hydroxyl groups is 1. The molecule has 1 saturated heterocycles.